The Hall–Kier alpha value is -2.90. The molecule has 25 heavy (non-hydrogen) atoms. The lowest BCUT2D eigenvalue weighted by molar-refractivity contribution is -0.158. The lowest BCUT2D eigenvalue weighted by Gasteiger charge is -2.20. The number of imide groups is 1. The average molecular weight is 347 g/mol. The largest absolute Gasteiger partial charge is 0.452 e. The first kappa shape index (κ1) is 18.4. The zero-order chi connectivity index (χ0) is 18.7. The van der Waals surface area contributed by atoms with Gasteiger partial charge < -0.3 is 15.4 Å². The molecule has 0 bridgehead atoms. The van der Waals surface area contributed by atoms with Crippen LogP contribution >= 0.6 is 0 Å². The number of hydrogen-bond acceptors (Lipinski definition) is 5. The van der Waals surface area contributed by atoms with Gasteiger partial charge in [0.1, 0.15) is 0 Å². The maximum absolute atomic E-state index is 12.3. The summed E-state index contributed by atoms with van der Waals surface area (Å²) in [5.74, 6) is -2.31. The molecule has 4 amide bonds. The van der Waals surface area contributed by atoms with E-state index in [1.165, 1.54) is 6.92 Å². The van der Waals surface area contributed by atoms with Crippen molar-refractivity contribution in [3.8, 4) is 0 Å². The van der Waals surface area contributed by atoms with Gasteiger partial charge in [0.25, 0.3) is 5.91 Å². The third-order valence-electron chi connectivity index (χ3n) is 4.23. The van der Waals surface area contributed by atoms with Gasteiger partial charge in [-0.2, -0.15) is 0 Å². The molecule has 1 aliphatic rings. The Labute approximate surface area is 145 Å². The lowest BCUT2D eigenvalue weighted by Crippen LogP contribution is -2.42. The number of anilines is 1. The second-order valence-corrected chi connectivity index (χ2v) is 6.06. The summed E-state index contributed by atoms with van der Waals surface area (Å²) < 4.78 is 5.05. The number of aryl methyl sites for hydroxylation is 1. The summed E-state index contributed by atoms with van der Waals surface area (Å²) in [4.78, 5) is 48.3. The highest BCUT2D eigenvalue weighted by molar-refractivity contribution is 6.01. The number of rotatable bonds is 4. The molecule has 1 saturated heterocycles. The van der Waals surface area contributed by atoms with Crippen molar-refractivity contribution in [3.63, 3.8) is 0 Å². The fraction of sp³-hybridized carbons (Fsp3) is 0.412. The summed E-state index contributed by atoms with van der Waals surface area (Å²) in [5, 5.41) is 1.84. The molecule has 2 atom stereocenters. The number of urea groups is 1. The Balaban J connectivity index is 2.04. The molecule has 0 radical (unpaired) electrons. The molecule has 1 fully saturated rings. The Bertz CT molecular complexity index is 731. The van der Waals surface area contributed by atoms with E-state index in [1.54, 1.807) is 4.90 Å². The quantitative estimate of drug-likeness (QED) is 0.780. The van der Waals surface area contributed by atoms with Crippen LogP contribution in [0.25, 0.3) is 0 Å². The van der Waals surface area contributed by atoms with E-state index in [2.05, 4.69) is 0 Å². The smallest absolute Gasteiger partial charge is 0.318 e. The molecule has 8 heteroatoms. The van der Waals surface area contributed by atoms with Gasteiger partial charge >= 0.3 is 12.0 Å². The van der Waals surface area contributed by atoms with Crippen molar-refractivity contribution in [2.45, 2.75) is 33.3 Å². The van der Waals surface area contributed by atoms with Crippen molar-refractivity contribution < 1.29 is 23.9 Å². The zero-order valence-electron chi connectivity index (χ0n) is 14.4. The summed E-state index contributed by atoms with van der Waals surface area (Å²) in [6.45, 7) is 5.38. The summed E-state index contributed by atoms with van der Waals surface area (Å²) in [6.07, 6.45) is -1.17. The lowest BCUT2D eigenvalue weighted by atomic mass is 10.1. The molecule has 1 aromatic rings. The van der Waals surface area contributed by atoms with Gasteiger partial charge in [-0.25, -0.2) is 4.79 Å². The van der Waals surface area contributed by atoms with Crippen molar-refractivity contribution in [2.24, 2.45) is 11.7 Å². The van der Waals surface area contributed by atoms with E-state index in [0.29, 0.717) is 0 Å². The summed E-state index contributed by atoms with van der Waals surface area (Å²) in [5.41, 5.74) is 7.63. The molecular formula is C17H21N3O5. The van der Waals surface area contributed by atoms with Crippen LogP contribution in [0.15, 0.2) is 18.2 Å². The van der Waals surface area contributed by atoms with Crippen LogP contribution in [0.5, 0.6) is 0 Å². The molecule has 0 aliphatic carbocycles. The van der Waals surface area contributed by atoms with Gasteiger partial charge in [-0.1, -0.05) is 12.1 Å². The molecule has 1 aromatic carbocycles. The van der Waals surface area contributed by atoms with E-state index in [4.69, 9.17) is 10.5 Å². The highest BCUT2D eigenvalue weighted by Crippen LogP contribution is 2.30. The van der Waals surface area contributed by atoms with Crippen LogP contribution in [0.3, 0.4) is 0 Å². The first-order chi connectivity index (χ1) is 11.7. The van der Waals surface area contributed by atoms with Gasteiger partial charge in [-0.3, -0.25) is 19.7 Å². The van der Waals surface area contributed by atoms with Gasteiger partial charge in [0, 0.05) is 18.7 Å². The zero-order valence-corrected chi connectivity index (χ0v) is 14.4. The van der Waals surface area contributed by atoms with Crippen molar-refractivity contribution in [2.75, 3.05) is 11.4 Å². The second kappa shape index (κ2) is 7.33. The molecule has 0 saturated carbocycles. The molecule has 1 heterocycles. The topological polar surface area (TPSA) is 119 Å². The SMILES string of the molecule is Cc1cccc(N2C[C@H](C(=O)O[C@@H](C)C(=O)NC(N)=O)CC2=O)c1C. The van der Waals surface area contributed by atoms with Crippen molar-refractivity contribution in [3.05, 3.63) is 29.3 Å². The van der Waals surface area contributed by atoms with E-state index >= 15 is 0 Å². The number of nitrogens with zero attached hydrogens (tertiary/aromatic N) is 1. The van der Waals surface area contributed by atoms with Gasteiger partial charge in [-0.15, -0.1) is 0 Å². The van der Waals surface area contributed by atoms with E-state index in [1.807, 2.05) is 37.4 Å². The molecule has 0 aromatic heterocycles. The van der Waals surface area contributed by atoms with Gasteiger partial charge in [-0.05, 0) is 38.0 Å². The highest BCUT2D eigenvalue weighted by atomic mass is 16.5. The number of benzene rings is 1. The van der Waals surface area contributed by atoms with Gasteiger partial charge in [0.2, 0.25) is 5.91 Å². The predicted octanol–water partition coefficient (Wildman–Crippen LogP) is 0.783. The van der Waals surface area contributed by atoms with Crippen LogP contribution in [0.2, 0.25) is 0 Å². The molecule has 134 valence electrons. The number of nitrogens with one attached hydrogen (secondary N) is 1. The minimum atomic E-state index is -1.18. The third kappa shape index (κ3) is 4.14. The molecule has 2 rings (SSSR count). The van der Waals surface area contributed by atoms with Crippen LogP contribution < -0.4 is 16.0 Å². The average Bonchev–Trinajstić information content (AvgIpc) is 2.91. The van der Waals surface area contributed by atoms with Crippen LogP contribution in [-0.4, -0.2) is 36.5 Å². The maximum Gasteiger partial charge on any atom is 0.318 e. The number of amides is 4. The van der Waals surface area contributed by atoms with E-state index in [9.17, 15) is 19.2 Å². The molecule has 3 N–H and O–H groups in total. The number of nitrogens with two attached hydrogens (primary N) is 1. The van der Waals surface area contributed by atoms with Crippen molar-refractivity contribution in [1.82, 2.24) is 5.32 Å². The number of primary amides is 1. The Morgan fingerprint density at radius 2 is 2.00 bits per heavy atom. The summed E-state index contributed by atoms with van der Waals surface area (Å²) >= 11 is 0. The Morgan fingerprint density at radius 1 is 1.32 bits per heavy atom. The maximum atomic E-state index is 12.3. The second-order valence-electron chi connectivity index (χ2n) is 6.06. The molecule has 1 aliphatic heterocycles. The number of esters is 1. The van der Waals surface area contributed by atoms with Crippen LogP contribution in [-0.2, 0) is 19.1 Å². The highest BCUT2D eigenvalue weighted by Gasteiger charge is 2.37. The number of hydrogen-bond donors (Lipinski definition) is 2. The third-order valence-corrected chi connectivity index (χ3v) is 4.23. The fourth-order valence-electron chi connectivity index (χ4n) is 2.67. The molecular weight excluding hydrogens is 326 g/mol. The van der Waals surface area contributed by atoms with Crippen molar-refractivity contribution in [1.29, 1.82) is 0 Å². The summed E-state index contributed by atoms with van der Waals surface area (Å²) in [7, 11) is 0. The fourth-order valence-corrected chi connectivity index (χ4v) is 2.67. The normalized spacial score (nSPS) is 18.0. The minimum Gasteiger partial charge on any atom is -0.452 e. The number of carbonyl (C=O) groups excluding carboxylic acids is 4. The monoisotopic (exact) mass is 347 g/mol. The summed E-state index contributed by atoms with van der Waals surface area (Å²) in [6, 6.07) is 4.61. The van der Waals surface area contributed by atoms with Crippen LogP contribution in [0.4, 0.5) is 10.5 Å². The standard InChI is InChI=1S/C17H21N3O5/c1-9-5-4-6-13(10(9)2)20-8-12(7-14(20)21)16(23)25-11(3)15(22)19-17(18)24/h4-6,11-12H,7-8H2,1-3H3,(H3,18,19,22,24)/t11-,12+/m0/s1. The van der Waals surface area contributed by atoms with Crippen molar-refractivity contribution >= 4 is 29.5 Å². The van der Waals surface area contributed by atoms with Gasteiger partial charge in [0.15, 0.2) is 6.10 Å². The first-order valence-electron chi connectivity index (χ1n) is 7.88. The van der Waals surface area contributed by atoms with Crippen LogP contribution in [0.1, 0.15) is 24.5 Å². The Kier molecular flexibility index (Phi) is 5.41. The van der Waals surface area contributed by atoms with E-state index in [0.717, 1.165) is 16.8 Å². The molecule has 0 spiro atoms. The van der Waals surface area contributed by atoms with Gasteiger partial charge in [0.05, 0.1) is 5.92 Å². The van der Waals surface area contributed by atoms with E-state index in [-0.39, 0.29) is 18.9 Å². The molecule has 8 nitrogen and oxygen atoms in total. The number of carbonyl (C=O) groups is 4. The molecule has 0 unspecified atom stereocenters. The van der Waals surface area contributed by atoms with E-state index < -0.39 is 29.9 Å². The first-order valence-corrected chi connectivity index (χ1v) is 7.88. The number of ether oxygens (including phenoxy) is 1. The van der Waals surface area contributed by atoms with Crippen LogP contribution in [0, 0.1) is 19.8 Å². The Morgan fingerprint density at radius 3 is 2.64 bits per heavy atom. The minimum absolute atomic E-state index is 0.0103. The predicted molar refractivity (Wildman–Crippen MR) is 89.7 cm³/mol.